The highest BCUT2D eigenvalue weighted by Gasteiger charge is 2.41. The molecule has 2 nitrogen and oxygen atoms in total. The van der Waals surface area contributed by atoms with Crippen molar-refractivity contribution in [3.63, 3.8) is 0 Å². The highest BCUT2D eigenvalue weighted by molar-refractivity contribution is 6.27. The Hall–Kier alpha value is -0.313. The fraction of sp³-hybridized carbons (Fsp3) is 0.963. The summed E-state index contributed by atoms with van der Waals surface area (Å²) in [6, 6.07) is 0. The van der Waals surface area contributed by atoms with E-state index in [-0.39, 0.29) is 11.0 Å². The molecule has 0 aliphatic rings. The monoisotopic (exact) mass is 440 g/mol. The zero-order valence-electron chi connectivity index (χ0n) is 21.5. The largest absolute Gasteiger partial charge is 0.466 e. The summed E-state index contributed by atoms with van der Waals surface area (Å²) in [5, 5.41) is -0.156. The van der Waals surface area contributed by atoms with E-state index in [0.29, 0.717) is 12.5 Å². The van der Waals surface area contributed by atoms with Crippen molar-refractivity contribution in [2.45, 2.75) is 155 Å². The Morgan fingerprint density at radius 3 is 1.70 bits per heavy atom. The lowest BCUT2D eigenvalue weighted by atomic mass is 9.80. The summed E-state index contributed by atoms with van der Waals surface area (Å²) in [4.78, 5) is 13.3. The summed E-state index contributed by atoms with van der Waals surface area (Å²) >= 11 is 0. The van der Waals surface area contributed by atoms with E-state index in [2.05, 4.69) is 27.7 Å². The lowest BCUT2D eigenvalue weighted by molar-refractivity contribution is -0.150. The van der Waals surface area contributed by atoms with Gasteiger partial charge in [0, 0.05) is 10.2 Å². The summed E-state index contributed by atoms with van der Waals surface area (Å²) in [7, 11) is 0.935. The molecule has 0 aromatic carbocycles. The van der Waals surface area contributed by atoms with Crippen LogP contribution in [0.5, 0.6) is 0 Å². The molecule has 0 spiro atoms. The van der Waals surface area contributed by atoms with Crippen LogP contribution in [-0.2, 0) is 9.53 Å². The fourth-order valence-electron chi connectivity index (χ4n) is 4.73. The Bertz CT molecular complexity index is 385. The molecule has 0 heterocycles. The normalized spacial score (nSPS) is 14.5. The van der Waals surface area contributed by atoms with Crippen molar-refractivity contribution in [2.24, 2.45) is 5.92 Å². The number of carbonyl (C=O) groups is 1. The van der Waals surface area contributed by atoms with Gasteiger partial charge >= 0.3 is 5.97 Å². The summed E-state index contributed by atoms with van der Waals surface area (Å²) in [6.07, 6.45) is 23.7. The third-order valence-corrected chi connectivity index (χ3v) is 8.67. The minimum Gasteiger partial charge on any atom is -0.466 e. The molecule has 0 aliphatic heterocycles. The van der Waals surface area contributed by atoms with Crippen LogP contribution in [0.4, 0.5) is 0 Å². The van der Waals surface area contributed by atoms with Gasteiger partial charge in [-0.05, 0) is 31.6 Å². The number of rotatable bonds is 22. The van der Waals surface area contributed by atoms with Crippen LogP contribution < -0.4 is 0 Å². The molecule has 2 unspecified atom stereocenters. The molecule has 0 rings (SSSR count). The Morgan fingerprint density at radius 1 is 0.667 bits per heavy atom. The topological polar surface area (TPSA) is 26.3 Å². The lowest BCUT2D eigenvalue weighted by Crippen LogP contribution is -2.34. The van der Waals surface area contributed by atoms with E-state index in [1.807, 2.05) is 0 Å². The van der Waals surface area contributed by atoms with Gasteiger partial charge in [-0.25, -0.2) is 0 Å². The molecular weight excluding hydrogens is 384 g/mol. The van der Waals surface area contributed by atoms with Gasteiger partial charge in [-0.1, -0.05) is 124 Å². The molecule has 0 aromatic heterocycles. The highest BCUT2D eigenvalue weighted by Crippen LogP contribution is 2.44. The van der Waals surface area contributed by atoms with Gasteiger partial charge in [0.15, 0.2) is 0 Å². The van der Waals surface area contributed by atoms with E-state index < -0.39 is 0 Å². The maximum Gasteiger partial charge on any atom is 0.308 e. The van der Waals surface area contributed by atoms with Gasteiger partial charge < -0.3 is 4.74 Å². The highest BCUT2D eigenvalue weighted by atomic mass is 28.1. The van der Waals surface area contributed by atoms with E-state index in [1.54, 1.807) is 0 Å². The second-order valence-corrected chi connectivity index (χ2v) is 11.6. The summed E-state index contributed by atoms with van der Waals surface area (Å²) in [5.41, 5.74) is 0. The number of unbranched alkanes of at least 4 members (excludes halogenated alkanes) is 12. The Balaban J connectivity index is 4.85. The number of hydrogen-bond donors (Lipinski definition) is 0. The number of ether oxygens (including phenoxy) is 1. The molecule has 180 valence electrons. The van der Waals surface area contributed by atoms with E-state index in [0.717, 1.165) is 23.1 Å². The van der Waals surface area contributed by atoms with Crippen LogP contribution in [0.2, 0.25) is 5.04 Å². The van der Waals surface area contributed by atoms with Crippen molar-refractivity contribution in [2.75, 3.05) is 6.61 Å². The summed E-state index contributed by atoms with van der Waals surface area (Å²) < 4.78 is 5.93. The Morgan fingerprint density at radius 2 is 1.17 bits per heavy atom. The fourth-order valence-corrected chi connectivity index (χ4v) is 5.80. The summed E-state index contributed by atoms with van der Waals surface area (Å²) in [5.74, 6) is 0.696. The van der Waals surface area contributed by atoms with E-state index >= 15 is 0 Å². The first-order valence-corrected chi connectivity index (χ1v) is 14.7. The first-order chi connectivity index (χ1) is 14.6. The van der Waals surface area contributed by atoms with Crippen LogP contribution in [0.1, 0.15) is 150 Å². The molecule has 0 aromatic rings. The second-order valence-electron chi connectivity index (χ2n) is 9.82. The van der Waals surface area contributed by atoms with E-state index in [1.165, 1.54) is 109 Å². The zero-order chi connectivity index (χ0) is 22.5. The molecule has 0 aliphatic carbocycles. The average Bonchev–Trinajstić information content (AvgIpc) is 2.74. The molecule has 0 radical (unpaired) electrons. The predicted molar refractivity (Wildman–Crippen MR) is 137 cm³/mol. The van der Waals surface area contributed by atoms with Gasteiger partial charge in [-0.2, -0.15) is 0 Å². The standard InChI is InChI=1S/C27H56O2Si/c1-5-9-12-15-18-22-25(21-8-4)27(30,23-19-16-13-10-6-2)26(28)29-24-20-17-14-11-7-3/h25H,5-24H2,1-4,30H3. The van der Waals surface area contributed by atoms with Gasteiger partial charge in [0.25, 0.3) is 0 Å². The molecule has 0 saturated carbocycles. The number of esters is 1. The van der Waals surface area contributed by atoms with Crippen LogP contribution in [0, 0.1) is 5.92 Å². The van der Waals surface area contributed by atoms with Crippen molar-refractivity contribution < 1.29 is 9.53 Å². The van der Waals surface area contributed by atoms with Gasteiger partial charge in [0.1, 0.15) is 0 Å². The second kappa shape index (κ2) is 20.6. The van der Waals surface area contributed by atoms with Gasteiger partial charge in [0.2, 0.25) is 0 Å². The minimum absolute atomic E-state index is 0.156. The third-order valence-electron chi connectivity index (χ3n) is 6.94. The van der Waals surface area contributed by atoms with Crippen molar-refractivity contribution in [3.8, 4) is 0 Å². The Kier molecular flexibility index (Phi) is 20.4. The van der Waals surface area contributed by atoms with Crippen molar-refractivity contribution in [1.29, 1.82) is 0 Å². The quantitative estimate of drug-likeness (QED) is 0.0963. The molecule has 3 heteroatoms. The first-order valence-electron chi connectivity index (χ1n) is 13.7. The molecule has 0 amide bonds. The Labute approximate surface area is 193 Å². The molecule has 0 saturated heterocycles. The average molecular weight is 441 g/mol. The van der Waals surface area contributed by atoms with Crippen molar-refractivity contribution in [3.05, 3.63) is 0 Å². The molecule has 0 bridgehead atoms. The van der Waals surface area contributed by atoms with Crippen molar-refractivity contribution >= 4 is 16.2 Å². The minimum atomic E-state index is -0.156. The predicted octanol–water partition coefficient (Wildman–Crippen LogP) is 8.16. The maximum absolute atomic E-state index is 13.3. The van der Waals surface area contributed by atoms with Crippen LogP contribution in [0.25, 0.3) is 0 Å². The van der Waals surface area contributed by atoms with Crippen LogP contribution in [-0.4, -0.2) is 22.8 Å². The van der Waals surface area contributed by atoms with E-state index in [9.17, 15) is 4.79 Å². The molecule has 0 N–H and O–H groups in total. The van der Waals surface area contributed by atoms with Gasteiger partial charge in [-0.3, -0.25) is 4.79 Å². The van der Waals surface area contributed by atoms with Crippen LogP contribution >= 0.6 is 0 Å². The number of carbonyl (C=O) groups excluding carboxylic acids is 1. The van der Waals surface area contributed by atoms with Crippen molar-refractivity contribution in [1.82, 2.24) is 0 Å². The maximum atomic E-state index is 13.3. The third kappa shape index (κ3) is 13.9. The van der Waals surface area contributed by atoms with Crippen LogP contribution in [0.3, 0.4) is 0 Å². The van der Waals surface area contributed by atoms with Gasteiger partial charge in [0.05, 0.1) is 11.6 Å². The summed E-state index contributed by atoms with van der Waals surface area (Å²) in [6.45, 7) is 9.71. The zero-order valence-corrected chi connectivity index (χ0v) is 23.5. The molecule has 0 fully saturated rings. The van der Waals surface area contributed by atoms with E-state index in [4.69, 9.17) is 4.74 Å². The molecule has 2 atom stereocenters. The smallest absolute Gasteiger partial charge is 0.308 e. The SMILES string of the molecule is CCCCCCCOC(=O)C([SiH3])(CCCCCCC)C(CCC)CCCCCCC. The molecule has 30 heavy (non-hydrogen) atoms. The first kappa shape index (κ1) is 29.7. The molecular formula is C27H56O2Si. The van der Waals surface area contributed by atoms with Gasteiger partial charge in [-0.15, -0.1) is 0 Å². The number of hydrogen-bond acceptors (Lipinski definition) is 2. The van der Waals surface area contributed by atoms with Crippen LogP contribution in [0.15, 0.2) is 0 Å². The lowest BCUT2D eigenvalue weighted by Gasteiger charge is -2.36.